The van der Waals surface area contributed by atoms with Crippen molar-refractivity contribution >= 4 is 23.3 Å². The lowest BCUT2D eigenvalue weighted by Gasteiger charge is -2.21. The SMILES string of the molecule is COc1ccc(-c2nc(NC(N)=S)ncc2-c2cc(C(C)C)c(OC)c(C(C)C)c2)c(O)c1. The average Bonchev–Trinajstić information content (AvgIpc) is 2.77. The molecule has 0 spiro atoms. The number of rotatable bonds is 7. The summed E-state index contributed by atoms with van der Waals surface area (Å²) < 4.78 is 11.0. The van der Waals surface area contributed by atoms with Gasteiger partial charge in [-0.1, -0.05) is 27.7 Å². The third-order valence-corrected chi connectivity index (χ3v) is 5.49. The summed E-state index contributed by atoms with van der Waals surface area (Å²) in [5.74, 6) is 2.21. The van der Waals surface area contributed by atoms with Gasteiger partial charge >= 0.3 is 0 Å². The highest BCUT2D eigenvalue weighted by molar-refractivity contribution is 7.80. The Morgan fingerprint density at radius 1 is 1.00 bits per heavy atom. The minimum Gasteiger partial charge on any atom is -0.507 e. The monoisotopic (exact) mass is 466 g/mol. The molecule has 33 heavy (non-hydrogen) atoms. The number of aromatic hydroxyl groups is 1. The molecule has 8 heteroatoms. The third-order valence-electron chi connectivity index (χ3n) is 5.39. The Balaban J connectivity index is 2.32. The number of ether oxygens (including phenoxy) is 2. The first-order valence-electron chi connectivity index (χ1n) is 10.7. The van der Waals surface area contributed by atoms with Crippen LogP contribution in [0.1, 0.15) is 50.7 Å². The van der Waals surface area contributed by atoms with Gasteiger partial charge in [-0.15, -0.1) is 0 Å². The van der Waals surface area contributed by atoms with E-state index in [-0.39, 0.29) is 28.6 Å². The Morgan fingerprint density at radius 3 is 2.12 bits per heavy atom. The molecule has 0 aliphatic heterocycles. The highest BCUT2D eigenvalue weighted by atomic mass is 32.1. The summed E-state index contributed by atoms with van der Waals surface area (Å²) >= 11 is 4.95. The predicted molar refractivity (Wildman–Crippen MR) is 136 cm³/mol. The topological polar surface area (TPSA) is 103 Å². The fourth-order valence-corrected chi connectivity index (χ4v) is 3.82. The number of hydrogen-bond acceptors (Lipinski definition) is 6. The predicted octanol–water partition coefficient (Wildman–Crippen LogP) is 5.44. The minimum atomic E-state index is 0.0391. The van der Waals surface area contributed by atoms with Gasteiger partial charge in [0.2, 0.25) is 5.95 Å². The van der Waals surface area contributed by atoms with Gasteiger partial charge in [-0.25, -0.2) is 9.97 Å². The van der Waals surface area contributed by atoms with Crippen molar-refractivity contribution in [2.24, 2.45) is 5.73 Å². The van der Waals surface area contributed by atoms with Crippen molar-refractivity contribution in [3.63, 3.8) is 0 Å². The van der Waals surface area contributed by atoms with E-state index in [1.54, 1.807) is 38.6 Å². The number of nitrogens with two attached hydrogens (primary N) is 1. The molecule has 1 aromatic heterocycles. The molecule has 0 radical (unpaired) electrons. The summed E-state index contributed by atoms with van der Waals surface area (Å²) in [7, 11) is 3.25. The second-order valence-corrected chi connectivity index (χ2v) is 8.77. The van der Waals surface area contributed by atoms with Gasteiger partial charge in [0.25, 0.3) is 0 Å². The number of nitrogens with one attached hydrogen (secondary N) is 1. The molecule has 7 nitrogen and oxygen atoms in total. The Morgan fingerprint density at radius 2 is 1.64 bits per heavy atom. The molecule has 2 aromatic carbocycles. The van der Waals surface area contributed by atoms with E-state index in [1.165, 1.54) is 0 Å². The first kappa shape index (κ1) is 24.3. The molecule has 0 saturated carbocycles. The van der Waals surface area contributed by atoms with Crippen LogP contribution in [0.3, 0.4) is 0 Å². The van der Waals surface area contributed by atoms with E-state index in [2.05, 4.69) is 55.1 Å². The lowest BCUT2D eigenvalue weighted by Crippen LogP contribution is -2.20. The van der Waals surface area contributed by atoms with Crippen LogP contribution >= 0.6 is 12.2 Å². The summed E-state index contributed by atoms with van der Waals surface area (Å²) in [6, 6.07) is 9.28. The van der Waals surface area contributed by atoms with Crippen molar-refractivity contribution in [1.82, 2.24) is 9.97 Å². The number of anilines is 1. The van der Waals surface area contributed by atoms with Crippen molar-refractivity contribution in [3.8, 4) is 39.6 Å². The minimum absolute atomic E-state index is 0.0391. The lowest BCUT2D eigenvalue weighted by atomic mass is 9.88. The molecule has 0 saturated heterocycles. The van der Waals surface area contributed by atoms with Crippen molar-refractivity contribution in [3.05, 3.63) is 47.7 Å². The maximum atomic E-state index is 10.8. The van der Waals surface area contributed by atoms with E-state index < -0.39 is 0 Å². The highest BCUT2D eigenvalue weighted by Crippen LogP contribution is 2.42. The summed E-state index contributed by atoms with van der Waals surface area (Å²) in [6.45, 7) is 8.53. The second-order valence-electron chi connectivity index (χ2n) is 8.33. The number of aromatic nitrogens is 2. The molecule has 0 aliphatic carbocycles. The molecule has 0 fully saturated rings. The molecule has 0 bridgehead atoms. The smallest absolute Gasteiger partial charge is 0.229 e. The van der Waals surface area contributed by atoms with Crippen LogP contribution < -0.4 is 20.5 Å². The summed E-state index contributed by atoms with van der Waals surface area (Å²) in [4.78, 5) is 9.05. The number of thiocarbonyl (C=S) groups is 1. The van der Waals surface area contributed by atoms with E-state index >= 15 is 0 Å². The van der Waals surface area contributed by atoms with Crippen LogP contribution in [0.15, 0.2) is 36.5 Å². The van der Waals surface area contributed by atoms with Crippen molar-refractivity contribution in [1.29, 1.82) is 0 Å². The number of phenolic OH excluding ortho intramolecular Hbond substituents is 1. The zero-order chi connectivity index (χ0) is 24.3. The molecular weight excluding hydrogens is 436 g/mol. The van der Waals surface area contributed by atoms with Gasteiger partial charge in [0.15, 0.2) is 5.11 Å². The average molecular weight is 467 g/mol. The molecule has 4 N–H and O–H groups in total. The van der Waals surface area contributed by atoms with E-state index in [1.807, 2.05) is 0 Å². The molecule has 0 amide bonds. The van der Waals surface area contributed by atoms with Crippen LogP contribution in [0, 0.1) is 0 Å². The Bertz CT molecular complexity index is 1150. The van der Waals surface area contributed by atoms with Crippen molar-refractivity contribution < 1.29 is 14.6 Å². The summed E-state index contributed by atoms with van der Waals surface area (Å²) in [5.41, 5.74) is 10.6. The maximum Gasteiger partial charge on any atom is 0.229 e. The molecule has 174 valence electrons. The Kier molecular flexibility index (Phi) is 7.38. The van der Waals surface area contributed by atoms with E-state index in [9.17, 15) is 5.11 Å². The highest BCUT2D eigenvalue weighted by Gasteiger charge is 2.21. The van der Waals surface area contributed by atoms with Gasteiger partial charge < -0.3 is 25.6 Å². The zero-order valence-corrected chi connectivity index (χ0v) is 20.6. The van der Waals surface area contributed by atoms with Crippen LogP contribution in [-0.4, -0.2) is 34.4 Å². The Hall–Kier alpha value is -3.39. The van der Waals surface area contributed by atoms with E-state index in [0.29, 0.717) is 17.0 Å². The fourth-order valence-electron chi connectivity index (χ4n) is 3.73. The number of benzene rings is 2. The lowest BCUT2D eigenvalue weighted by molar-refractivity contribution is 0.400. The largest absolute Gasteiger partial charge is 0.507 e. The van der Waals surface area contributed by atoms with Crippen LogP contribution in [0.4, 0.5) is 5.95 Å². The van der Waals surface area contributed by atoms with Crippen molar-refractivity contribution in [2.75, 3.05) is 19.5 Å². The third kappa shape index (κ3) is 5.17. The molecule has 0 unspecified atom stereocenters. The van der Waals surface area contributed by atoms with Crippen LogP contribution in [-0.2, 0) is 0 Å². The Labute approximate surface area is 200 Å². The first-order chi connectivity index (χ1) is 15.7. The number of methoxy groups -OCH3 is 2. The molecule has 3 aromatic rings. The fraction of sp³-hybridized carbons (Fsp3) is 0.320. The summed E-state index contributed by atoms with van der Waals surface area (Å²) in [5, 5.41) is 13.6. The molecular formula is C25H30N4O3S. The zero-order valence-electron chi connectivity index (χ0n) is 19.8. The van der Waals surface area contributed by atoms with Crippen LogP contribution in [0.25, 0.3) is 22.4 Å². The van der Waals surface area contributed by atoms with Gasteiger partial charge in [0.1, 0.15) is 17.2 Å². The van der Waals surface area contributed by atoms with Gasteiger partial charge in [-0.05, 0) is 65.0 Å². The standard InChI is InChI=1S/C25H30N4O3S/c1-13(2)18-9-15(10-19(14(3)4)23(18)32-6)20-12-27-25(29-24(26)33)28-22(20)17-8-7-16(31-5)11-21(17)30/h7-14,30H,1-6H3,(H3,26,27,28,29,33). The van der Waals surface area contributed by atoms with Crippen molar-refractivity contribution in [2.45, 2.75) is 39.5 Å². The molecule has 0 atom stereocenters. The molecule has 3 rings (SSSR count). The maximum absolute atomic E-state index is 10.8. The van der Waals surface area contributed by atoms with Gasteiger partial charge in [-0.2, -0.15) is 0 Å². The van der Waals surface area contributed by atoms with Gasteiger partial charge in [0.05, 0.1) is 19.9 Å². The van der Waals surface area contributed by atoms with E-state index in [4.69, 9.17) is 27.4 Å². The first-order valence-corrected chi connectivity index (χ1v) is 11.1. The molecule has 0 aliphatic rings. The number of nitrogens with zero attached hydrogens (tertiary/aromatic N) is 2. The second kappa shape index (κ2) is 10.0. The normalized spacial score (nSPS) is 11.0. The summed E-state index contributed by atoms with van der Waals surface area (Å²) in [6.07, 6.45) is 1.71. The van der Waals surface area contributed by atoms with Crippen LogP contribution in [0.5, 0.6) is 17.2 Å². The van der Waals surface area contributed by atoms with Gasteiger partial charge in [0, 0.05) is 23.4 Å². The number of phenols is 1. The number of hydrogen-bond donors (Lipinski definition) is 3. The van der Waals surface area contributed by atoms with E-state index in [0.717, 1.165) is 28.0 Å². The van der Waals surface area contributed by atoms with Gasteiger partial charge in [-0.3, -0.25) is 0 Å². The van der Waals surface area contributed by atoms with Crippen LogP contribution in [0.2, 0.25) is 0 Å². The molecule has 1 heterocycles. The quantitative estimate of drug-likeness (QED) is 0.396.